The number of ether oxygens (including phenoxy) is 6. The van der Waals surface area contributed by atoms with Crippen LogP contribution in [0.3, 0.4) is 0 Å². The summed E-state index contributed by atoms with van der Waals surface area (Å²) in [4.78, 5) is 0. The minimum absolute atomic E-state index is 0.347. The summed E-state index contributed by atoms with van der Waals surface area (Å²) in [6, 6.07) is 22.2. The van der Waals surface area contributed by atoms with Gasteiger partial charge in [-0.05, 0) is 36.4 Å². The Morgan fingerprint density at radius 3 is 1.14 bits per heavy atom. The summed E-state index contributed by atoms with van der Waals surface area (Å²) in [6.45, 7) is 0.693. The van der Waals surface area contributed by atoms with Gasteiger partial charge in [-0.25, -0.2) is 0 Å². The molecule has 188 valence electrons. The number of benzene rings is 3. The van der Waals surface area contributed by atoms with E-state index in [0.717, 1.165) is 16.7 Å². The summed E-state index contributed by atoms with van der Waals surface area (Å²) in [5.74, 6) is 0. The smallest absolute Gasteiger partial charge is 0.184 e. The summed E-state index contributed by atoms with van der Waals surface area (Å²) in [6.07, 6.45) is -3.27. The van der Waals surface area contributed by atoms with Crippen LogP contribution in [0.5, 0.6) is 0 Å². The van der Waals surface area contributed by atoms with Gasteiger partial charge in [-0.3, -0.25) is 0 Å². The first-order chi connectivity index (χ1) is 17.5. The van der Waals surface area contributed by atoms with Crippen molar-refractivity contribution in [1.29, 1.82) is 0 Å². The Morgan fingerprint density at radius 1 is 0.444 bits per heavy atom. The van der Waals surface area contributed by atoms with Crippen molar-refractivity contribution in [2.75, 3.05) is 13.2 Å². The fraction of sp³-hybridized carbons (Fsp3) is 0.333. The highest BCUT2D eigenvalue weighted by atomic mass is 35.5. The first kappa shape index (κ1) is 24.6. The highest BCUT2D eigenvalue weighted by Gasteiger charge is 2.51. The molecule has 3 aliphatic heterocycles. The summed E-state index contributed by atoms with van der Waals surface area (Å²) in [5.41, 5.74) is 2.62. The highest BCUT2D eigenvalue weighted by Crippen LogP contribution is 2.42. The topological polar surface area (TPSA) is 55.4 Å². The van der Waals surface area contributed by atoms with E-state index in [9.17, 15) is 0 Å². The Bertz CT molecular complexity index is 1100. The molecule has 0 N–H and O–H groups in total. The second-order valence-corrected chi connectivity index (χ2v) is 10.2. The van der Waals surface area contributed by atoms with Crippen molar-refractivity contribution in [2.45, 2.75) is 43.3 Å². The number of rotatable bonds is 5. The van der Waals surface area contributed by atoms with Gasteiger partial charge in [0, 0.05) is 31.8 Å². The van der Waals surface area contributed by atoms with E-state index in [2.05, 4.69) is 0 Å². The van der Waals surface area contributed by atoms with Gasteiger partial charge in [0.05, 0.1) is 13.2 Å². The molecular weight excluding hydrogens is 527 g/mol. The second-order valence-electron chi connectivity index (χ2n) is 8.87. The Morgan fingerprint density at radius 2 is 0.778 bits per heavy atom. The van der Waals surface area contributed by atoms with E-state index in [1.807, 2.05) is 72.8 Å². The first-order valence-corrected chi connectivity index (χ1v) is 12.8. The van der Waals surface area contributed by atoms with Crippen LogP contribution in [-0.2, 0) is 28.4 Å². The summed E-state index contributed by atoms with van der Waals surface area (Å²) in [5, 5.41) is 1.95. The van der Waals surface area contributed by atoms with Crippen molar-refractivity contribution in [3.63, 3.8) is 0 Å². The van der Waals surface area contributed by atoms with Crippen LogP contribution in [0, 0.1) is 0 Å². The van der Waals surface area contributed by atoms with Crippen molar-refractivity contribution in [3.8, 4) is 0 Å². The van der Waals surface area contributed by atoms with Crippen LogP contribution in [0.4, 0.5) is 0 Å². The van der Waals surface area contributed by atoms with Gasteiger partial charge in [0.1, 0.15) is 24.4 Å². The van der Waals surface area contributed by atoms with Crippen LogP contribution < -0.4 is 0 Å². The molecular formula is C27H23Cl3O6. The lowest BCUT2D eigenvalue weighted by molar-refractivity contribution is -0.107. The van der Waals surface area contributed by atoms with E-state index >= 15 is 0 Å². The minimum atomic E-state index is -0.603. The van der Waals surface area contributed by atoms with Crippen LogP contribution in [0.25, 0.3) is 0 Å². The van der Waals surface area contributed by atoms with E-state index in [1.165, 1.54) is 0 Å². The predicted octanol–water partition coefficient (Wildman–Crippen LogP) is 6.66. The van der Waals surface area contributed by atoms with Gasteiger partial charge < -0.3 is 28.4 Å². The molecule has 0 saturated carbocycles. The summed E-state index contributed by atoms with van der Waals surface area (Å²) in [7, 11) is 0. The molecule has 3 aromatic carbocycles. The van der Waals surface area contributed by atoms with Crippen molar-refractivity contribution in [3.05, 3.63) is 105 Å². The third-order valence-electron chi connectivity index (χ3n) is 6.47. The molecule has 3 saturated heterocycles. The zero-order valence-corrected chi connectivity index (χ0v) is 21.2. The van der Waals surface area contributed by atoms with Gasteiger partial charge in [0.25, 0.3) is 0 Å². The Labute approximate surface area is 223 Å². The average molecular weight is 550 g/mol. The van der Waals surface area contributed by atoms with E-state index in [1.54, 1.807) is 0 Å². The zero-order chi connectivity index (χ0) is 24.6. The summed E-state index contributed by atoms with van der Waals surface area (Å²) >= 11 is 18.1. The Kier molecular flexibility index (Phi) is 7.23. The van der Waals surface area contributed by atoms with Crippen LogP contribution in [0.1, 0.15) is 35.6 Å². The number of hydrogen-bond acceptors (Lipinski definition) is 6. The van der Waals surface area contributed by atoms with Gasteiger partial charge in [0.2, 0.25) is 0 Å². The molecule has 3 aromatic rings. The molecule has 9 heteroatoms. The molecule has 6 nitrogen and oxygen atoms in total. The average Bonchev–Trinajstić information content (AvgIpc) is 3.65. The molecule has 0 aliphatic carbocycles. The van der Waals surface area contributed by atoms with Gasteiger partial charge in [-0.2, -0.15) is 0 Å². The summed E-state index contributed by atoms with van der Waals surface area (Å²) < 4.78 is 37.3. The maximum absolute atomic E-state index is 6.41. The molecule has 36 heavy (non-hydrogen) atoms. The normalized spacial score (nSPS) is 32.2. The lowest BCUT2D eigenvalue weighted by Crippen LogP contribution is -2.44. The van der Waals surface area contributed by atoms with E-state index in [0.29, 0.717) is 28.3 Å². The van der Waals surface area contributed by atoms with Crippen LogP contribution in [-0.4, -0.2) is 37.6 Å². The van der Waals surface area contributed by atoms with Crippen molar-refractivity contribution < 1.29 is 28.4 Å². The number of halogens is 3. The van der Waals surface area contributed by atoms with Crippen molar-refractivity contribution >= 4 is 34.8 Å². The molecule has 3 fully saturated rings. The van der Waals surface area contributed by atoms with Crippen LogP contribution in [0.2, 0.25) is 15.1 Å². The molecule has 3 heterocycles. The first-order valence-electron chi connectivity index (χ1n) is 11.6. The molecule has 0 aromatic heterocycles. The molecule has 3 aliphatic rings. The van der Waals surface area contributed by atoms with Crippen molar-refractivity contribution in [2.24, 2.45) is 0 Å². The molecule has 0 amide bonds. The van der Waals surface area contributed by atoms with Gasteiger partial charge in [0.15, 0.2) is 18.9 Å². The zero-order valence-electron chi connectivity index (χ0n) is 19.0. The molecule has 6 rings (SSSR count). The number of hydrogen-bond donors (Lipinski definition) is 0. The van der Waals surface area contributed by atoms with Gasteiger partial charge in [-0.15, -0.1) is 0 Å². The molecule has 3 unspecified atom stereocenters. The quantitative estimate of drug-likeness (QED) is 0.355. The van der Waals surface area contributed by atoms with Crippen LogP contribution in [0.15, 0.2) is 72.8 Å². The molecule has 7 atom stereocenters. The van der Waals surface area contributed by atoms with E-state index < -0.39 is 31.1 Å². The molecule has 0 radical (unpaired) electrons. The Balaban J connectivity index is 1.21. The van der Waals surface area contributed by atoms with E-state index in [-0.39, 0.29) is 12.2 Å². The lowest BCUT2D eigenvalue weighted by Gasteiger charge is -2.25. The highest BCUT2D eigenvalue weighted by molar-refractivity contribution is 6.31. The minimum Gasteiger partial charge on any atom is -0.346 e. The third kappa shape index (κ3) is 5.16. The van der Waals surface area contributed by atoms with Crippen LogP contribution >= 0.6 is 34.8 Å². The maximum Gasteiger partial charge on any atom is 0.184 e. The maximum atomic E-state index is 6.41. The largest absolute Gasteiger partial charge is 0.346 e. The molecule has 0 bridgehead atoms. The molecule has 0 spiro atoms. The van der Waals surface area contributed by atoms with Crippen molar-refractivity contribution in [1.82, 2.24) is 0 Å². The standard InChI is InChI=1S/C27H23Cl3O6/c28-18-7-1-15(2-8-18)25-31-13-21(33-25)23-24(36-27(35-23)17-5-11-20(30)12-6-17)22-14-32-26(34-22)16-3-9-19(29)10-4-16/h1-12,21-27H,13-14H2/t21-,22+,23-,24-,25?,26?,27?/m1/s1. The third-order valence-corrected chi connectivity index (χ3v) is 7.22. The monoisotopic (exact) mass is 548 g/mol. The lowest BCUT2D eigenvalue weighted by atomic mass is 10.0. The SMILES string of the molecule is Clc1ccc(C2O[C@H]([C@@H]3COC(c4ccc(Cl)cc4)O3)[C@@H]([C@H]3COC(c4ccc(Cl)cc4)O3)O2)cc1. The predicted molar refractivity (Wildman–Crippen MR) is 134 cm³/mol. The fourth-order valence-electron chi connectivity index (χ4n) is 4.62. The van der Waals surface area contributed by atoms with E-state index in [4.69, 9.17) is 63.2 Å². The second kappa shape index (κ2) is 10.6. The van der Waals surface area contributed by atoms with Gasteiger partial charge >= 0.3 is 0 Å². The fourth-order valence-corrected chi connectivity index (χ4v) is 5.00. The van der Waals surface area contributed by atoms with Gasteiger partial charge in [-0.1, -0.05) is 71.2 Å². The Hall–Kier alpha value is -1.71.